The molecule has 162 valence electrons. The molecule has 0 bridgehead atoms. The van der Waals surface area contributed by atoms with Crippen LogP contribution in [0.15, 0.2) is 66.9 Å². The summed E-state index contributed by atoms with van der Waals surface area (Å²) < 4.78 is 36.3. The van der Waals surface area contributed by atoms with E-state index >= 15 is 0 Å². The van der Waals surface area contributed by atoms with Crippen molar-refractivity contribution in [1.29, 1.82) is 0 Å². The SMILES string of the molecule is O=C(C=Cc1ccc(OCCCF)cc1)n1ccc(-c2ccc(OCCCF)cc2)n1. The highest BCUT2D eigenvalue weighted by molar-refractivity contribution is 5.93. The van der Waals surface area contributed by atoms with Gasteiger partial charge in [-0.05, 0) is 54.1 Å². The van der Waals surface area contributed by atoms with E-state index in [0.717, 1.165) is 11.1 Å². The summed E-state index contributed by atoms with van der Waals surface area (Å²) in [4.78, 5) is 12.4. The van der Waals surface area contributed by atoms with Crippen molar-refractivity contribution in [2.24, 2.45) is 0 Å². The average Bonchev–Trinajstić information content (AvgIpc) is 3.30. The number of aromatic nitrogens is 2. The molecule has 3 aromatic rings. The molecule has 5 nitrogen and oxygen atoms in total. The van der Waals surface area contributed by atoms with Crippen LogP contribution in [-0.4, -0.2) is 42.3 Å². The minimum absolute atomic E-state index is 0.277. The lowest BCUT2D eigenvalue weighted by molar-refractivity contribution is 0.0955. The summed E-state index contributed by atoms with van der Waals surface area (Å²) in [5.74, 6) is 1.04. The van der Waals surface area contributed by atoms with Gasteiger partial charge in [-0.25, -0.2) is 4.68 Å². The number of hydrogen-bond acceptors (Lipinski definition) is 4. The fourth-order valence-electron chi connectivity index (χ4n) is 2.73. The van der Waals surface area contributed by atoms with Crippen molar-refractivity contribution in [2.75, 3.05) is 26.6 Å². The molecule has 0 amide bonds. The molecule has 1 heterocycles. The van der Waals surface area contributed by atoms with Gasteiger partial charge in [0.1, 0.15) is 11.5 Å². The molecule has 0 saturated carbocycles. The molecule has 0 unspecified atom stereocenters. The van der Waals surface area contributed by atoms with Gasteiger partial charge in [-0.2, -0.15) is 5.10 Å². The summed E-state index contributed by atoms with van der Waals surface area (Å²) >= 11 is 0. The lowest BCUT2D eigenvalue weighted by Crippen LogP contribution is -2.07. The molecule has 1 aromatic heterocycles. The number of nitrogens with zero attached hydrogens (tertiary/aromatic N) is 2. The van der Waals surface area contributed by atoms with E-state index in [9.17, 15) is 13.6 Å². The number of carbonyl (C=O) groups is 1. The van der Waals surface area contributed by atoms with Gasteiger partial charge in [0.15, 0.2) is 0 Å². The Morgan fingerprint density at radius 3 is 2.03 bits per heavy atom. The van der Waals surface area contributed by atoms with Gasteiger partial charge in [0.25, 0.3) is 5.91 Å². The molecule has 0 spiro atoms. The van der Waals surface area contributed by atoms with Crippen molar-refractivity contribution in [2.45, 2.75) is 12.8 Å². The fourth-order valence-corrected chi connectivity index (χ4v) is 2.73. The van der Waals surface area contributed by atoms with Gasteiger partial charge in [-0.15, -0.1) is 0 Å². The Hall–Kier alpha value is -3.48. The zero-order chi connectivity index (χ0) is 21.9. The molecule has 7 heteroatoms. The first-order chi connectivity index (χ1) is 15.2. The minimum atomic E-state index is -0.403. The summed E-state index contributed by atoms with van der Waals surface area (Å²) in [7, 11) is 0. The Labute approximate surface area is 179 Å². The van der Waals surface area contributed by atoms with Crippen molar-refractivity contribution >= 4 is 12.0 Å². The molecule has 0 fully saturated rings. The largest absolute Gasteiger partial charge is 0.493 e. The molecule has 0 aliphatic rings. The Bertz CT molecular complexity index is 983. The molecule has 3 rings (SSSR count). The average molecular weight is 426 g/mol. The zero-order valence-corrected chi connectivity index (χ0v) is 17.0. The van der Waals surface area contributed by atoms with Gasteiger partial charge in [0.2, 0.25) is 0 Å². The Morgan fingerprint density at radius 1 is 0.871 bits per heavy atom. The molecule has 0 aliphatic carbocycles. The predicted octanol–water partition coefficient (Wildman–Crippen LogP) is 5.38. The maximum Gasteiger partial charge on any atom is 0.270 e. The Balaban J connectivity index is 1.57. The van der Waals surface area contributed by atoms with Gasteiger partial charge in [-0.3, -0.25) is 13.6 Å². The third kappa shape index (κ3) is 6.77. The molecule has 0 radical (unpaired) electrons. The number of halogens is 2. The Kier molecular flexibility index (Phi) is 8.34. The molecule has 0 N–H and O–H groups in total. The topological polar surface area (TPSA) is 53.4 Å². The zero-order valence-electron chi connectivity index (χ0n) is 17.0. The quantitative estimate of drug-likeness (QED) is 0.305. The Morgan fingerprint density at radius 2 is 1.45 bits per heavy atom. The number of ether oxygens (including phenoxy) is 2. The van der Waals surface area contributed by atoms with Crippen LogP contribution >= 0.6 is 0 Å². The number of alkyl halides is 2. The van der Waals surface area contributed by atoms with Gasteiger partial charge in [0, 0.05) is 30.7 Å². The summed E-state index contributed by atoms with van der Waals surface area (Å²) in [6.07, 6.45) is 5.46. The highest BCUT2D eigenvalue weighted by Gasteiger charge is 2.07. The van der Waals surface area contributed by atoms with Crippen LogP contribution < -0.4 is 9.47 Å². The third-order valence-electron chi connectivity index (χ3n) is 4.36. The summed E-state index contributed by atoms with van der Waals surface area (Å²) in [5, 5.41) is 4.33. The van der Waals surface area contributed by atoms with Crippen LogP contribution in [0.5, 0.6) is 11.5 Å². The van der Waals surface area contributed by atoms with Crippen molar-refractivity contribution < 1.29 is 23.0 Å². The first-order valence-electron chi connectivity index (χ1n) is 10.1. The monoisotopic (exact) mass is 426 g/mol. The maximum atomic E-state index is 12.4. The highest BCUT2D eigenvalue weighted by Crippen LogP contribution is 2.21. The van der Waals surface area contributed by atoms with Gasteiger partial charge < -0.3 is 9.47 Å². The van der Waals surface area contributed by atoms with E-state index < -0.39 is 13.3 Å². The smallest absolute Gasteiger partial charge is 0.270 e. The summed E-state index contributed by atoms with van der Waals surface area (Å²) in [6.45, 7) is -0.139. The van der Waals surface area contributed by atoms with E-state index in [0.29, 0.717) is 43.2 Å². The third-order valence-corrected chi connectivity index (χ3v) is 4.36. The van der Waals surface area contributed by atoms with Crippen LogP contribution in [0, 0.1) is 0 Å². The molecular formula is C24H24F2N2O3. The first kappa shape index (κ1) is 22.2. The molecule has 31 heavy (non-hydrogen) atoms. The maximum absolute atomic E-state index is 12.4. The van der Waals surface area contributed by atoms with Crippen LogP contribution in [0.3, 0.4) is 0 Å². The number of benzene rings is 2. The van der Waals surface area contributed by atoms with Crippen molar-refractivity contribution in [3.8, 4) is 22.8 Å². The molecule has 0 saturated heterocycles. The predicted molar refractivity (Wildman–Crippen MR) is 116 cm³/mol. The fraction of sp³-hybridized carbons (Fsp3) is 0.250. The van der Waals surface area contributed by atoms with E-state index in [1.165, 1.54) is 10.8 Å². The van der Waals surface area contributed by atoms with Crippen molar-refractivity contribution in [3.05, 3.63) is 72.4 Å². The first-order valence-corrected chi connectivity index (χ1v) is 10.1. The van der Waals surface area contributed by atoms with Gasteiger partial charge >= 0.3 is 0 Å². The lowest BCUT2D eigenvalue weighted by Gasteiger charge is -2.05. The summed E-state index contributed by atoms with van der Waals surface area (Å²) in [6, 6.07) is 16.2. The number of carbonyl (C=O) groups excluding carboxylic acids is 1. The summed E-state index contributed by atoms with van der Waals surface area (Å²) in [5.41, 5.74) is 2.34. The molecule has 2 aromatic carbocycles. The van der Waals surface area contributed by atoms with Gasteiger partial charge in [0.05, 0.1) is 32.3 Å². The molecule has 0 aliphatic heterocycles. The van der Waals surface area contributed by atoms with E-state index in [4.69, 9.17) is 9.47 Å². The normalized spacial score (nSPS) is 11.0. The molecule has 0 atom stereocenters. The standard InChI is InChI=1S/C24H24F2N2O3/c25-14-1-17-30-21-8-3-19(4-9-21)5-12-24(29)28-16-13-23(27-28)20-6-10-22(11-7-20)31-18-2-15-26/h3-13,16H,1-2,14-15,17-18H2. The van der Waals surface area contributed by atoms with Gasteiger partial charge in [-0.1, -0.05) is 12.1 Å². The molecular weight excluding hydrogens is 402 g/mol. The van der Waals surface area contributed by atoms with Crippen LogP contribution in [0.25, 0.3) is 17.3 Å². The van der Waals surface area contributed by atoms with Crippen molar-refractivity contribution in [1.82, 2.24) is 9.78 Å². The minimum Gasteiger partial charge on any atom is -0.493 e. The number of allylic oxidation sites excluding steroid dienone is 1. The van der Waals surface area contributed by atoms with E-state index in [1.54, 1.807) is 42.6 Å². The van der Waals surface area contributed by atoms with E-state index in [-0.39, 0.29) is 5.91 Å². The second-order valence-corrected chi connectivity index (χ2v) is 6.69. The van der Waals surface area contributed by atoms with Crippen LogP contribution in [0.1, 0.15) is 23.2 Å². The van der Waals surface area contributed by atoms with Crippen LogP contribution in [-0.2, 0) is 0 Å². The van der Waals surface area contributed by atoms with Crippen LogP contribution in [0.4, 0.5) is 8.78 Å². The van der Waals surface area contributed by atoms with Crippen LogP contribution in [0.2, 0.25) is 0 Å². The highest BCUT2D eigenvalue weighted by atomic mass is 19.1. The van der Waals surface area contributed by atoms with E-state index in [1.807, 2.05) is 24.3 Å². The number of rotatable bonds is 11. The lowest BCUT2D eigenvalue weighted by atomic mass is 10.1. The number of hydrogen-bond donors (Lipinski definition) is 0. The second-order valence-electron chi connectivity index (χ2n) is 6.69. The van der Waals surface area contributed by atoms with Crippen molar-refractivity contribution in [3.63, 3.8) is 0 Å². The van der Waals surface area contributed by atoms with E-state index in [2.05, 4.69) is 5.10 Å². The second kappa shape index (κ2) is 11.6.